The Morgan fingerprint density at radius 2 is 1.26 bits per heavy atom. The van der Waals surface area contributed by atoms with Crippen molar-refractivity contribution in [3.8, 4) is 0 Å². The first-order chi connectivity index (χ1) is 11.1. The van der Waals surface area contributed by atoms with Crippen molar-refractivity contribution in [1.82, 2.24) is 19.6 Å². The fraction of sp³-hybridized carbons (Fsp3) is 1.00. The van der Waals surface area contributed by atoms with Gasteiger partial charge in [0.2, 0.25) is 0 Å². The molecule has 0 aromatic heterocycles. The van der Waals surface area contributed by atoms with Gasteiger partial charge in [-0.2, -0.15) is 0 Å². The molecule has 1 atom stereocenters. The lowest BCUT2D eigenvalue weighted by atomic mass is 10.1. The summed E-state index contributed by atoms with van der Waals surface area (Å²) < 4.78 is 12.4. The van der Waals surface area contributed by atoms with Gasteiger partial charge in [-0.3, -0.25) is 14.7 Å². The van der Waals surface area contributed by atoms with Crippen LogP contribution in [0.1, 0.15) is 33.6 Å². The summed E-state index contributed by atoms with van der Waals surface area (Å²) in [6.45, 7) is 17.8. The van der Waals surface area contributed by atoms with E-state index >= 15 is 0 Å². The number of halogens is 1. The van der Waals surface area contributed by atoms with Crippen LogP contribution in [0.25, 0.3) is 0 Å². The minimum Gasteiger partial charge on any atom is -0.301 e. The summed E-state index contributed by atoms with van der Waals surface area (Å²) in [5.74, 6) is 0. The second-order valence-electron chi connectivity index (χ2n) is 7.53. The third-order valence-electron chi connectivity index (χ3n) is 5.66. The second kappa shape index (κ2) is 9.92. The minimum atomic E-state index is -0.209. The summed E-state index contributed by atoms with van der Waals surface area (Å²) in [6, 6.07) is 1.35. The molecule has 0 bridgehead atoms. The summed E-state index contributed by atoms with van der Waals surface area (Å²) in [5.41, 5.74) is 0. The highest BCUT2D eigenvalue weighted by molar-refractivity contribution is 4.78. The zero-order valence-corrected chi connectivity index (χ0v) is 15.5. The molecule has 1 unspecified atom stereocenters. The number of hydrogen-bond donors (Lipinski definition) is 0. The van der Waals surface area contributed by atoms with Crippen LogP contribution >= 0.6 is 0 Å². The molecule has 4 nitrogen and oxygen atoms in total. The second-order valence-corrected chi connectivity index (χ2v) is 7.53. The van der Waals surface area contributed by atoms with Gasteiger partial charge in [0.25, 0.3) is 0 Å². The van der Waals surface area contributed by atoms with Crippen LogP contribution in [0.15, 0.2) is 0 Å². The normalized spacial score (nSPS) is 24.4. The number of nitrogens with zero attached hydrogens (tertiary/aromatic N) is 4. The maximum absolute atomic E-state index is 12.4. The third kappa shape index (κ3) is 6.29. The lowest BCUT2D eigenvalue weighted by molar-refractivity contribution is 0.0860. The molecule has 0 N–H and O–H groups in total. The van der Waals surface area contributed by atoms with E-state index in [1.54, 1.807) is 0 Å². The van der Waals surface area contributed by atoms with Crippen LogP contribution < -0.4 is 0 Å². The monoisotopic (exact) mass is 328 g/mol. The molecule has 0 aliphatic carbocycles. The molecular weight excluding hydrogens is 291 g/mol. The van der Waals surface area contributed by atoms with E-state index in [1.807, 2.05) is 0 Å². The van der Waals surface area contributed by atoms with Crippen LogP contribution in [0.2, 0.25) is 0 Å². The molecule has 2 aliphatic heterocycles. The molecule has 0 spiro atoms. The Hall–Kier alpha value is -0.230. The fourth-order valence-electron chi connectivity index (χ4n) is 3.84. The maximum atomic E-state index is 12.4. The lowest BCUT2D eigenvalue weighted by Gasteiger charge is -2.39. The molecule has 23 heavy (non-hydrogen) atoms. The predicted octanol–water partition coefficient (Wildman–Crippen LogP) is 1.77. The largest absolute Gasteiger partial charge is 0.301 e. The van der Waals surface area contributed by atoms with E-state index in [0.717, 1.165) is 26.2 Å². The zero-order chi connectivity index (χ0) is 16.7. The van der Waals surface area contributed by atoms with Gasteiger partial charge in [-0.05, 0) is 40.2 Å². The third-order valence-corrected chi connectivity index (χ3v) is 5.66. The molecule has 0 aromatic carbocycles. The van der Waals surface area contributed by atoms with Crippen molar-refractivity contribution in [2.75, 3.05) is 72.1 Å². The van der Waals surface area contributed by atoms with Gasteiger partial charge in [-0.1, -0.05) is 0 Å². The Morgan fingerprint density at radius 3 is 1.78 bits per heavy atom. The van der Waals surface area contributed by atoms with Crippen molar-refractivity contribution in [3.63, 3.8) is 0 Å². The van der Waals surface area contributed by atoms with Crippen molar-refractivity contribution in [2.45, 2.75) is 45.7 Å². The molecule has 0 radical (unpaired) electrons. The maximum Gasteiger partial charge on any atom is 0.102 e. The zero-order valence-electron chi connectivity index (χ0n) is 15.5. The first-order valence-corrected chi connectivity index (χ1v) is 9.59. The molecule has 2 heterocycles. The summed E-state index contributed by atoms with van der Waals surface area (Å²) >= 11 is 0. The summed E-state index contributed by atoms with van der Waals surface area (Å²) in [6.07, 6.45) is 2.58. The summed E-state index contributed by atoms with van der Waals surface area (Å²) in [7, 11) is 0. The van der Waals surface area contributed by atoms with Crippen LogP contribution in [0.5, 0.6) is 0 Å². The van der Waals surface area contributed by atoms with Crippen LogP contribution in [-0.4, -0.2) is 104 Å². The highest BCUT2D eigenvalue weighted by atomic mass is 19.1. The van der Waals surface area contributed by atoms with Crippen LogP contribution in [0.3, 0.4) is 0 Å². The van der Waals surface area contributed by atoms with Gasteiger partial charge in [-0.25, -0.2) is 4.39 Å². The van der Waals surface area contributed by atoms with Gasteiger partial charge in [0.05, 0.1) is 0 Å². The first kappa shape index (κ1) is 19.1. The molecule has 136 valence electrons. The van der Waals surface area contributed by atoms with E-state index in [2.05, 4.69) is 40.4 Å². The predicted molar refractivity (Wildman–Crippen MR) is 95.8 cm³/mol. The molecule has 2 rings (SSSR count). The van der Waals surface area contributed by atoms with Gasteiger partial charge in [0, 0.05) is 71.0 Å². The van der Waals surface area contributed by atoms with E-state index in [4.69, 9.17) is 0 Å². The van der Waals surface area contributed by atoms with Gasteiger partial charge in [-0.15, -0.1) is 0 Å². The van der Waals surface area contributed by atoms with Crippen molar-refractivity contribution in [3.05, 3.63) is 0 Å². The number of alkyl halides is 1. The topological polar surface area (TPSA) is 13.0 Å². The average molecular weight is 329 g/mol. The molecule has 2 fully saturated rings. The number of piperazine rings is 2. The smallest absolute Gasteiger partial charge is 0.102 e. The highest BCUT2D eigenvalue weighted by Gasteiger charge is 2.22. The van der Waals surface area contributed by atoms with Gasteiger partial charge in [0.1, 0.15) is 6.67 Å². The minimum absolute atomic E-state index is 0.209. The lowest BCUT2D eigenvalue weighted by Crippen LogP contribution is -2.50. The van der Waals surface area contributed by atoms with Gasteiger partial charge >= 0.3 is 0 Å². The molecule has 0 amide bonds. The van der Waals surface area contributed by atoms with E-state index in [9.17, 15) is 4.39 Å². The average Bonchev–Trinajstić information content (AvgIpc) is 2.56. The quantitative estimate of drug-likeness (QED) is 0.673. The molecule has 5 heteroatoms. The van der Waals surface area contributed by atoms with Crippen LogP contribution in [-0.2, 0) is 0 Å². The SMILES string of the molecule is CC(C)N1CCN(CCCC(C)N2CCN(CCF)CC2)CC1. The van der Waals surface area contributed by atoms with Gasteiger partial charge in [0.15, 0.2) is 0 Å². The Morgan fingerprint density at radius 1 is 0.739 bits per heavy atom. The molecule has 0 saturated carbocycles. The van der Waals surface area contributed by atoms with E-state index in [1.165, 1.54) is 45.6 Å². The summed E-state index contributed by atoms with van der Waals surface area (Å²) in [4.78, 5) is 10.0. The Bertz CT molecular complexity index is 310. The number of hydrogen-bond acceptors (Lipinski definition) is 4. The fourth-order valence-corrected chi connectivity index (χ4v) is 3.84. The van der Waals surface area contributed by atoms with Crippen molar-refractivity contribution in [2.24, 2.45) is 0 Å². The van der Waals surface area contributed by atoms with E-state index < -0.39 is 0 Å². The molecule has 2 saturated heterocycles. The highest BCUT2D eigenvalue weighted by Crippen LogP contribution is 2.12. The standard InChI is InChI=1S/C18H37FN4/c1-17(2)22-13-9-20(10-14-22)7-4-5-18(3)23-15-11-21(8-6-19)12-16-23/h17-18H,4-16H2,1-3H3. The Kier molecular flexibility index (Phi) is 8.24. The van der Waals surface area contributed by atoms with Crippen molar-refractivity contribution in [1.29, 1.82) is 0 Å². The molecule has 2 aliphatic rings. The van der Waals surface area contributed by atoms with Gasteiger partial charge < -0.3 is 4.90 Å². The van der Waals surface area contributed by atoms with E-state index in [-0.39, 0.29) is 6.67 Å². The van der Waals surface area contributed by atoms with Crippen molar-refractivity contribution >= 4 is 0 Å². The Labute approximate surface area is 142 Å². The number of rotatable bonds is 8. The van der Waals surface area contributed by atoms with E-state index in [0.29, 0.717) is 18.6 Å². The Balaban J connectivity index is 1.56. The van der Waals surface area contributed by atoms with Crippen molar-refractivity contribution < 1.29 is 4.39 Å². The molecular formula is C18H37FN4. The van der Waals surface area contributed by atoms with Crippen LogP contribution in [0.4, 0.5) is 4.39 Å². The molecule has 0 aromatic rings. The summed E-state index contributed by atoms with van der Waals surface area (Å²) in [5, 5.41) is 0. The van der Waals surface area contributed by atoms with Crippen LogP contribution in [0, 0.1) is 0 Å². The first-order valence-electron chi connectivity index (χ1n) is 9.59.